The Morgan fingerprint density at radius 2 is 2.24 bits per heavy atom. The number of nitrogens with two attached hydrogens (primary N) is 1. The second-order valence-electron chi connectivity index (χ2n) is 5.45. The summed E-state index contributed by atoms with van der Waals surface area (Å²) in [5, 5.41) is 16.7. The Morgan fingerprint density at radius 3 is 2.76 bits per heavy atom. The van der Waals surface area contributed by atoms with Crippen molar-refractivity contribution < 1.29 is 8.42 Å². The van der Waals surface area contributed by atoms with Crippen molar-refractivity contribution in [2.24, 2.45) is 5.92 Å². The molecule has 116 valence electrons. The lowest BCUT2D eigenvalue weighted by Crippen LogP contribution is -2.19. The topological polar surface area (TPSA) is 114 Å². The predicted molar refractivity (Wildman–Crippen MR) is 81.5 cm³/mol. The van der Waals surface area contributed by atoms with Gasteiger partial charge in [0.25, 0.3) is 0 Å². The Balaban J connectivity index is 2.15. The maximum Gasteiger partial charge on any atom is 0.168 e. The van der Waals surface area contributed by atoms with E-state index in [1.54, 1.807) is 6.92 Å². The van der Waals surface area contributed by atoms with E-state index in [1.807, 2.05) is 6.07 Å². The van der Waals surface area contributed by atoms with Gasteiger partial charge in [0.05, 0.1) is 12.3 Å². The van der Waals surface area contributed by atoms with Gasteiger partial charge in [-0.15, -0.1) is 0 Å². The molecule has 0 aromatic carbocycles. The van der Waals surface area contributed by atoms with E-state index >= 15 is 0 Å². The van der Waals surface area contributed by atoms with Gasteiger partial charge in [-0.05, 0) is 25.7 Å². The van der Waals surface area contributed by atoms with Crippen molar-refractivity contribution in [2.75, 3.05) is 22.6 Å². The fourth-order valence-corrected chi connectivity index (χ4v) is 2.90. The van der Waals surface area contributed by atoms with Crippen molar-refractivity contribution in [3.63, 3.8) is 0 Å². The molecule has 1 aliphatic rings. The first-order valence-electron chi connectivity index (χ1n) is 7.11. The maximum absolute atomic E-state index is 11.6. The molecule has 0 aliphatic heterocycles. The van der Waals surface area contributed by atoms with Crippen molar-refractivity contribution in [1.82, 2.24) is 9.78 Å². The summed E-state index contributed by atoms with van der Waals surface area (Å²) >= 11 is 0. The third kappa shape index (κ3) is 3.67. The van der Waals surface area contributed by atoms with Gasteiger partial charge in [0.1, 0.15) is 17.5 Å². The molecule has 1 saturated carbocycles. The van der Waals surface area contributed by atoms with E-state index in [0.29, 0.717) is 11.7 Å². The van der Waals surface area contributed by atoms with Gasteiger partial charge in [-0.2, -0.15) is 10.4 Å². The molecule has 0 bridgehead atoms. The van der Waals surface area contributed by atoms with E-state index in [2.05, 4.69) is 17.3 Å². The molecule has 2 rings (SSSR count). The molecular weight excluding hydrogens is 290 g/mol. The Labute approximate surface area is 125 Å². The van der Waals surface area contributed by atoms with Crippen LogP contribution in [0.1, 0.15) is 32.3 Å². The van der Waals surface area contributed by atoms with Crippen molar-refractivity contribution in [3.8, 4) is 6.07 Å². The highest BCUT2D eigenvalue weighted by Gasteiger charge is 2.29. The Hall–Kier alpha value is -1.75. The summed E-state index contributed by atoms with van der Waals surface area (Å²) in [6.45, 7) is 3.82. The Kier molecular flexibility index (Phi) is 4.42. The van der Waals surface area contributed by atoms with Gasteiger partial charge in [0, 0.05) is 11.8 Å². The summed E-state index contributed by atoms with van der Waals surface area (Å²) in [5.74, 6) is 1.34. The van der Waals surface area contributed by atoms with Gasteiger partial charge < -0.3 is 11.1 Å². The van der Waals surface area contributed by atoms with Crippen LogP contribution in [0.3, 0.4) is 0 Å². The van der Waals surface area contributed by atoms with Crippen LogP contribution >= 0.6 is 0 Å². The largest absolute Gasteiger partial charge is 0.383 e. The number of hydrogen-bond acceptors (Lipinski definition) is 6. The highest BCUT2D eigenvalue weighted by molar-refractivity contribution is 7.91. The summed E-state index contributed by atoms with van der Waals surface area (Å²) in [6.07, 6.45) is 2.36. The molecule has 1 fully saturated rings. The third-order valence-corrected chi connectivity index (χ3v) is 5.54. The van der Waals surface area contributed by atoms with E-state index in [1.165, 1.54) is 17.5 Å². The zero-order chi connectivity index (χ0) is 15.6. The number of hydrogen-bond donors (Lipinski definition) is 2. The fraction of sp³-hybridized carbons (Fsp3) is 0.692. The van der Waals surface area contributed by atoms with Gasteiger partial charge in [-0.3, -0.25) is 0 Å². The molecule has 1 aliphatic carbocycles. The third-order valence-electron chi connectivity index (χ3n) is 3.85. The molecular formula is C13H21N5O2S. The second-order valence-corrected chi connectivity index (χ2v) is 7.92. The number of rotatable bonds is 7. The average Bonchev–Trinajstić information content (AvgIpc) is 3.24. The van der Waals surface area contributed by atoms with E-state index < -0.39 is 9.84 Å². The number of anilines is 2. The molecule has 1 aromatic heterocycles. The molecule has 0 saturated heterocycles. The molecule has 0 amide bonds. The van der Waals surface area contributed by atoms with E-state index in [4.69, 9.17) is 5.73 Å². The standard InChI is InChI=1S/C13H21N5O2S/c1-3-21(19,20)7-6-18-12(15)11(8-14)13(17-18)16-9(2)10-4-5-10/h9-10H,3-7,15H2,1-2H3,(H,16,17). The zero-order valence-electron chi connectivity index (χ0n) is 12.3. The minimum absolute atomic E-state index is 0.0299. The fourth-order valence-electron chi connectivity index (χ4n) is 2.16. The molecule has 0 spiro atoms. The molecule has 0 radical (unpaired) electrons. The summed E-state index contributed by atoms with van der Waals surface area (Å²) in [6, 6.07) is 2.28. The minimum atomic E-state index is -3.09. The quantitative estimate of drug-likeness (QED) is 0.776. The van der Waals surface area contributed by atoms with Crippen molar-refractivity contribution in [3.05, 3.63) is 5.56 Å². The van der Waals surface area contributed by atoms with Crippen LogP contribution in [-0.2, 0) is 16.4 Å². The van der Waals surface area contributed by atoms with E-state index in [9.17, 15) is 13.7 Å². The molecule has 7 nitrogen and oxygen atoms in total. The van der Waals surface area contributed by atoms with Gasteiger partial charge in [-0.1, -0.05) is 6.92 Å². The summed E-state index contributed by atoms with van der Waals surface area (Å²) in [7, 11) is -3.09. The number of aromatic nitrogens is 2. The molecule has 21 heavy (non-hydrogen) atoms. The first-order valence-corrected chi connectivity index (χ1v) is 8.93. The van der Waals surface area contributed by atoms with Gasteiger partial charge in [-0.25, -0.2) is 13.1 Å². The molecule has 3 N–H and O–H groups in total. The van der Waals surface area contributed by atoms with Crippen LogP contribution in [-0.4, -0.2) is 35.7 Å². The van der Waals surface area contributed by atoms with Crippen molar-refractivity contribution in [1.29, 1.82) is 5.26 Å². The maximum atomic E-state index is 11.6. The number of nitrogen functional groups attached to an aromatic ring is 1. The molecule has 1 unspecified atom stereocenters. The summed E-state index contributed by atoms with van der Waals surface area (Å²) < 4.78 is 24.5. The minimum Gasteiger partial charge on any atom is -0.383 e. The predicted octanol–water partition coefficient (Wildman–Crippen LogP) is 0.982. The highest BCUT2D eigenvalue weighted by atomic mass is 32.2. The number of nitrogens with one attached hydrogen (secondary N) is 1. The van der Waals surface area contributed by atoms with Gasteiger partial charge in [0.15, 0.2) is 15.7 Å². The van der Waals surface area contributed by atoms with Crippen LogP contribution in [0, 0.1) is 17.2 Å². The summed E-state index contributed by atoms with van der Waals surface area (Å²) in [5.41, 5.74) is 6.18. The normalized spacial score (nSPS) is 16.4. The SMILES string of the molecule is CCS(=O)(=O)CCn1nc(NC(C)C2CC2)c(C#N)c1N. The van der Waals surface area contributed by atoms with Crippen LogP contribution in [0.25, 0.3) is 0 Å². The zero-order valence-corrected chi connectivity index (χ0v) is 13.2. The molecule has 1 aromatic rings. The number of sulfone groups is 1. The van der Waals surface area contributed by atoms with Crippen LogP contribution in [0.5, 0.6) is 0 Å². The van der Waals surface area contributed by atoms with Crippen LogP contribution < -0.4 is 11.1 Å². The highest BCUT2D eigenvalue weighted by Crippen LogP contribution is 2.34. The first kappa shape index (κ1) is 15.6. The Morgan fingerprint density at radius 1 is 1.57 bits per heavy atom. The van der Waals surface area contributed by atoms with Gasteiger partial charge in [0.2, 0.25) is 0 Å². The lowest BCUT2D eigenvalue weighted by Gasteiger charge is -2.11. The van der Waals surface area contributed by atoms with Crippen LogP contribution in [0.15, 0.2) is 0 Å². The van der Waals surface area contributed by atoms with E-state index in [-0.39, 0.29) is 35.5 Å². The lowest BCUT2D eigenvalue weighted by molar-refractivity contribution is 0.583. The monoisotopic (exact) mass is 311 g/mol. The molecule has 1 heterocycles. The molecule has 8 heteroatoms. The second kappa shape index (κ2) is 5.93. The summed E-state index contributed by atoms with van der Waals surface area (Å²) in [4.78, 5) is 0. The lowest BCUT2D eigenvalue weighted by atomic mass is 10.2. The molecule has 1 atom stereocenters. The number of aryl methyl sites for hydroxylation is 1. The van der Waals surface area contributed by atoms with Gasteiger partial charge >= 0.3 is 0 Å². The van der Waals surface area contributed by atoms with Crippen molar-refractivity contribution in [2.45, 2.75) is 39.3 Å². The van der Waals surface area contributed by atoms with Crippen molar-refractivity contribution >= 4 is 21.5 Å². The average molecular weight is 311 g/mol. The first-order chi connectivity index (χ1) is 9.88. The number of nitrogens with zero attached hydrogens (tertiary/aromatic N) is 3. The van der Waals surface area contributed by atoms with E-state index in [0.717, 1.165) is 0 Å². The smallest absolute Gasteiger partial charge is 0.168 e. The van der Waals surface area contributed by atoms with Crippen LogP contribution in [0.4, 0.5) is 11.6 Å². The Bertz CT molecular complexity index is 655. The number of nitriles is 1. The van der Waals surface area contributed by atoms with Crippen LogP contribution in [0.2, 0.25) is 0 Å².